The molecular formula is C19H18N4O3S. The Bertz CT molecular complexity index is 927. The van der Waals surface area contributed by atoms with Crippen molar-refractivity contribution in [3.05, 3.63) is 70.7 Å². The first-order chi connectivity index (χ1) is 13.2. The number of carbonyl (C=O) groups is 2. The zero-order chi connectivity index (χ0) is 19.1. The van der Waals surface area contributed by atoms with Gasteiger partial charge in [-0.05, 0) is 30.3 Å². The molecule has 27 heavy (non-hydrogen) atoms. The van der Waals surface area contributed by atoms with Crippen molar-refractivity contribution in [3.63, 3.8) is 0 Å². The van der Waals surface area contributed by atoms with Crippen LogP contribution in [0.4, 0.5) is 5.13 Å². The summed E-state index contributed by atoms with van der Waals surface area (Å²) in [7, 11) is 1.56. The maximum Gasteiger partial charge on any atom is 0.257 e. The van der Waals surface area contributed by atoms with E-state index in [1.165, 1.54) is 11.3 Å². The van der Waals surface area contributed by atoms with Gasteiger partial charge in [0.15, 0.2) is 0 Å². The molecule has 3 rings (SSSR count). The number of anilines is 1. The van der Waals surface area contributed by atoms with Crippen LogP contribution in [0.15, 0.2) is 54.6 Å². The van der Waals surface area contributed by atoms with Crippen LogP contribution in [-0.4, -0.2) is 35.7 Å². The maximum absolute atomic E-state index is 12.2. The Morgan fingerprint density at radius 3 is 2.56 bits per heavy atom. The molecule has 0 aliphatic heterocycles. The highest BCUT2D eigenvalue weighted by Gasteiger charge is 2.11. The predicted molar refractivity (Wildman–Crippen MR) is 103 cm³/mol. The van der Waals surface area contributed by atoms with E-state index in [-0.39, 0.29) is 11.8 Å². The minimum atomic E-state index is -0.232. The minimum absolute atomic E-state index is 0.184. The van der Waals surface area contributed by atoms with Crippen LogP contribution in [0.3, 0.4) is 0 Å². The molecule has 0 radical (unpaired) electrons. The van der Waals surface area contributed by atoms with Crippen molar-refractivity contribution < 1.29 is 14.3 Å². The number of carbonyl (C=O) groups excluding carboxylic acids is 2. The van der Waals surface area contributed by atoms with Gasteiger partial charge in [-0.2, -0.15) is 0 Å². The smallest absolute Gasteiger partial charge is 0.257 e. The van der Waals surface area contributed by atoms with Crippen LogP contribution in [0, 0.1) is 0 Å². The fourth-order valence-electron chi connectivity index (χ4n) is 2.31. The van der Waals surface area contributed by atoms with Crippen LogP contribution in [-0.2, 0) is 6.42 Å². The lowest BCUT2D eigenvalue weighted by Crippen LogP contribution is -2.25. The topological polar surface area (TPSA) is 93.2 Å². The van der Waals surface area contributed by atoms with E-state index in [1.54, 1.807) is 55.6 Å². The Hall–Kier alpha value is -3.26. The second kappa shape index (κ2) is 8.91. The van der Waals surface area contributed by atoms with Crippen LogP contribution >= 0.6 is 11.3 Å². The third kappa shape index (κ3) is 5.11. The summed E-state index contributed by atoms with van der Waals surface area (Å²) in [6.07, 6.45) is 0.522. The Kier molecular flexibility index (Phi) is 6.11. The summed E-state index contributed by atoms with van der Waals surface area (Å²) in [6.45, 7) is 0.414. The monoisotopic (exact) mass is 382 g/mol. The Morgan fingerprint density at radius 2 is 1.78 bits per heavy atom. The van der Waals surface area contributed by atoms with Crippen LogP contribution in [0.25, 0.3) is 0 Å². The second-order valence-electron chi connectivity index (χ2n) is 5.56. The molecule has 0 bridgehead atoms. The summed E-state index contributed by atoms with van der Waals surface area (Å²) in [5.74, 6) is 0.214. The lowest BCUT2D eigenvalue weighted by atomic mass is 10.2. The average molecular weight is 382 g/mol. The van der Waals surface area contributed by atoms with E-state index in [9.17, 15) is 9.59 Å². The summed E-state index contributed by atoms with van der Waals surface area (Å²) in [5.41, 5.74) is 1.09. The molecule has 0 unspecified atom stereocenters. The molecule has 3 aromatic rings. The third-order valence-electron chi connectivity index (χ3n) is 3.68. The Labute approximate surface area is 160 Å². The van der Waals surface area contributed by atoms with Crippen LogP contribution < -0.4 is 15.4 Å². The van der Waals surface area contributed by atoms with E-state index >= 15 is 0 Å². The summed E-state index contributed by atoms with van der Waals surface area (Å²) >= 11 is 1.28. The van der Waals surface area contributed by atoms with E-state index in [0.717, 1.165) is 5.01 Å². The Balaban J connectivity index is 1.49. The number of methoxy groups -OCH3 is 1. The standard InChI is InChI=1S/C19H18N4O3S/c1-26-15-9-5-8-14(12-15)17(24)20-11-10-16-22-23-19(27-16)21-18(25)13-6-3-2-4-7-13/h2-9,12H,10-11H2,1H3,(H,20,24)(H,21,23,25). The molecule has 0 spiro atoms. The van der Waals surface area contributed by atoms with Gasteiger partial charge in [0.05, 0.1) is 7.11 Å². The SMILES string of the molecule is COc1cccc(C(=O)NCCc2nnc(NC(=O)c3ccccc3)s2)c1. The number of nitrogens with one attached hydrogen (secondary N) is 2. The number of benzene rings is 2. The molecule has 2 N–H and O–H groups in total. The van der Waals surface area contributed by atoms with Gasteiger partial charge in [0.2, 0.25) is 5.13 Å². The zero-order valence-electron chi connectivity index (χ0n) is 14.6. The highest BCUT2D eigenvalue weighted by atomic mass is 32.1. The van der Waals surface area contributed by atoms with Gasteiger partial charge >= 0.3 is 0 Å². The van der Waals surface area contributed by atoms with Gasteiger partial charge in [0, 0.05) is 24.1 Å². The van der Waals surface area contributed by atoms with Gasteiger partial charge in [-0.3, -0.25) is 14.9 Å². The predicted octanol–water partition coefficient (Wildman–Crippen LogP) is 2.77. The Morgan fingerprint density at radius 1 is 1.00 bits per heavy atom. The van der Waals surface area contributed by atoms with E-state index in [2.05, 4.69) is 20.8 Å². The average Bonchev–Trinajstić information content (AvgIpc) is 3.15. The highest BCUT2D eigenvalue weighted by molar-refractivity contribution is 7.15. The van der Waals surface area contributed by atoms with Crippen molar-refractivity contribution in [2.45, 2.75) is 6.42 Å². The van der Waals surface area contributed by atoms with E-state index in [0.29, 0.717) is 35.0 Å². The summed E-state index contributed by atoms with van der Waals surface area (Å²) in [4.78, 5) is 24.3. The van der Waals surface area contributed by atoms with Gasteiger partial charge in [-0.15, -0.1) is 10.2 Å². The minimum Gasteiger partial charge on any atom is -0.497 e. The second-order valence-corrected chi connectivity index (χ2v) is 6.62. The molecule has 1 aromatic heterocycles. The van der Waals surface area contributed by atoms with Crippen molar-refractivity contribution >= 4 is 28.3 Å². The van der Waals surface area contributed by atoms with Crippen LogP contribution in [0.5, 0.6) is 5.75 Å². The van der Waals surface area contributed by atoms with E-state index < -0.39 is 0 Å². The first kappa shape index (κ1) is 18.5. The molecule has 0 saturated carbocycles. The first-order valence-corrected chi connectivity index (χ1v) is 9.08. The summed E-state index contributed by atoms with van der Waals surface area (Å²) < 4.78 is 5.11. The quantitative estimate of drug-likeness (QED) is 0.655. The number of amides is 2. The van der Waals surface area contributed by atoms with Gasteiger partial charge in [-0.1, -0.05) is 35.6 Å². The zero-order valence-corrected chi connectivity index (χ0v) is 15.5. The van der Waals surface area contributed by atoms with Crippen molar-refractivity contribution in [2.75, 3.05) is 19.0 Å². The van der Waals surface area contributed by atoms with E-state index in [1.807, 2.05) is 6.07 Å². The molecule has 2 aromatic carbocycles. The third-order valence-corrected chi connectivity index (χ3v) is 4.58. The normalized spacial score (nSPS) is 10.3. The van der Waals surface area contributed by atoms with E-state index in [4.69, 9.17) is 4.74 Å². The van der Waals surface area contributed by atoms with Gasteiger partial charge < -0.3 is 10.1 Å². The fraction of sp³-hybridized carbons (Fsp3) is 0.158. The fourth-order valence-corrected chi connectivity index (χ4v) is 3.05. The molecule has 0 aliphatic rings. The first-order valence-electron chi connectivity index (χ1n) is 8.27. The molecule has 0 atom stereocenters. The maximum atomic E-state index is 12.2. The lowest BCUT2D eigenvalue weighted by molar-refractivity contribution is 0.0953. The molecule has 8 heteroatoms. The lowest BCUT2D eigenvalue weighted by Gasteiger charge is -2.05. The molecule has 138 valence electrons. The number of ether oxygens (including phenoxy) is 1. The summed E-state index contributed by atoms with van der Waals surface area (Å²) in [5, 5.41) is 14.7. The molecule has 1 heterocycles. The van der Waals surface area contributed by atoms with Crippen molar-refractivity contribution in [1.29, 1.82) is 0 Å². The number of nitrogens with zero attached hydrogens (tertiary/aromatic N) is 2. The van der Waals surface area contributed by atoms with Crippen molar-refractivity contribution in [3.8, 4) is 5.75 Å². The molecule has 0 fully saturated rings. The number of hydrogen-bond donors (Lipinski definition) is 2. The largest absolute Gasteiger partial charge is 0.497 e. The number of hydrogen-bond acceptors (Lipinski definition) is 6. The van der Waals surface area contributed by atoms with Crippen molar-refractivity contribution in [2.24, 2.45) is 0 Å². The van der Waals surface area contributed by atoms with Gasteiger partial charge in [0.25, 0.3) is 11.8 Å². The number of aromatic nitrogens is 2. The molecular weight excluding hydrogens is 364 g/mol. The molecule has 0 aliphatic carbocycles. The van der Waals surface area contributed by atoms with Crippen LogP contribution in [0.2, 0.25) is 0 Å². The highest BCUT2D eigenvalue weighted by Crippen LogP contribution is 2.17. The summed E-state index contributed by atoms with van der Waals surface area (Å²) in [6, 6.07) is 15.8. The van der Waals surface area contributed by atoms with Crippen LogP contribution in [0.1, 0.15) is 25.7 Å². The number of rotatable bonds is 7. The van der Waals surface area contributed by atoms with Gasteiger partial charge in [-0.25, -0.2) is 0 Å². The molecule has 7 nitrogen and oxygen atoms in total. The molecule has 2 amide bonds. The van der Waals surface area contributed by atoms with Gasteiger partial charge in [0.1, 0.15) is 10.8 Å². The molecule has 0 saturated heterocycles. The van der Waals surface area contributed by atoms with Crippen molar-refractivity contribution in [1.82, 2.24) is 15.5 Å².